The van der Waals surface area contributed by atoms with Gasteiger partial charge in [0.25, 0.3) is 5.56 Å². The summed E-state index contributed by atoms with van der Waals surface area (Å²) >= 11 is 2.11. The Kier molecular flexibility index (Phi) is 3.89. The van der Waals surface area contributed by atoms with Crippen LogP contribution < -0.4 is 10.9 Å². The zero-order valence-corrected chi connectivity index (χ0v) is 9.33. The van der Waals surface area contributed by atoms with Gasteiger partial charge in [0.15, 0.2) is 0 Å². The summed E-state index contributed by atoms with van der Waals surface area (Å²) in [5.41, 5.74) is 0.408. The minimum atomic E-state index is -0.293. The first kappa shape index (κ1) is 10.7. The maximum absolute atomic E-state index is 11.3. The maximum atomic E-state index is 11.3. The standard InChI is InChI=1S/C8H11IN2O2/c1-10-7(4-12)6-2-5(9)3-11-8(6)13/h2-3,7,10,12H,4H2,1H3,(H,11,13). The van der Waals surface area contributed by atoms with Gasteiger partial charge < -0.3 is 15.4 Å². The summed E-state index contributed by atoms with van der Waals surface area (Å²) in [5.74, 6) is 0. The lowest BCUT2D eigenvalue weighted by atomic mass is 10.1. The number of aliphatic hydroxyl groups excluding tert-OH is 1. The number of likely N-dealkylation sites (N-methyl/N-ethyl adjacent to an activating group) is 1. The van der Waals surface area contributed by atoms with Crippen LogP contribution in [0.15, 0.2) is 17.1 Å². The Morgan fingerprint density at radius 2 is 2.46 bits per heavy atom. The van der Waals surface area contributed by atoms with E-state index >= 15 is 0 Å². The molecule has 1 aromatic heterocycles. The van der Waals surface area contributed by atoms with E-state index < -0.39 is 0 Å². The number of pyridine rings is 1. The van der Waals surface area contributed by atoms with Crippen molar-refractivity contribution < 1.29 is 5.11 Å². The summed E-state index contributed by atoms with van der Waals surface area (Å²) in [5, 5.41) is 11.8. The van der Waals surface area contributed by atoms with Crippen LogP contribution in [0.1, 0.15) is 11.6 Å². The summed E-state index contributed by atoms with van der Waals surface area (Å²) < 4.78 is 0.945. The van der Waals surface area contributed by atoms with E-state index in [0.29, 0.717) is 5.56 Å². The Labute approximate surface area is 89.5 Å². The van der Waals surface area contributed by atoms with Crippen LogP contribution in [0.3, 0.4) is 0 Å². The van der Waals surface area contributed by atoms with Gasteiger partial charge in [0.1, 0.15) is 0 Å². The molecule has 0 saturated carbocycles. The highest BCUT2D eigenvalue weighted by atomic mass is 127. The quantitative estimate of drug-likeness (QED) is 0.699. The van der Waals surface area contributed by atoms with Crippen molar-refractivity contribution in [2.45, 2.75) is 6.04 Å². The van der Waals surface area contributed by atoms with Gasteiger partial charge in [-0.05, 0) is 35.7 Å². The van der Waals surface area contributed by atoms with Crippen LogP contribution in [0.4, 0.5) is 0 Å². The minimum absolute atomic E-state index is 0.0837. The van der Waals surface area contributed by atoms with Gasteiger partial charge in [-0.2, -0.15) is 0 Å². The largest absolute Gasteiger partial charge is 0.394 e. The second kappa shape index (κ2) is 4.73. The summed E-state index contributed by atoms with van der Waals surface area (Å²) in [7, 11) is 1.71. The molecule has 72 valence electrons. The lowest BCUT2D eigenvalue weighted by Gasteiger charge is -2.11. The van der Waals surface area contributed by atoms with Crippen LogP contribution >= 0.6 is 22.6 Å². The van der Waals surface area contributed by atoms with Crippen LogP contribution in [0.2, 0.25) is 0 Å². The molecule has 13 heavy (non-hydrogen) atoms. The molecule has 5 heteroatoms. The van der Waals surface area contributed by atoms with E-state index in [4.69, 9.17) is 5.11 Å². The van der Waals surface area contributed by atoms with Crippen LogP contribution in [0, 0.1) is 3.57 Å². The molecule has 0 amide bonds. The number of H-pyrrole nitrogens is 1. The molecule has 3 N–H and O–H groups in total. The van der Waals surface area contributed by atoms with Crippen molar-refractivity contribution in [3.63, 3.8) is 0 Å². The molecule has 0 spiro atoms. The summed E-state index contributed by atoms with van der Waals surface area (Å²) in [6, 6.07) is 1.47. The third-order valence-electron chi connectivity index (χ3n) is 1.80. The first-order valence-corrected chi connectivity index (χ1v) is 4.93. The van der Waals surface area contributed by atoms with Crippen molar-refractivity contribution in [1.29, 1.82) is 0 Å². The molecule has 0 radical (unpaired) electrons. The predicted molar refractivity (Wildman–Crippen MR) is 58.7 cm³/mol. The fourth-order valence-corrected chi connectivity index (χ4v) is 1.57. The molecule has 0 aliphatic heterocycles. The van der Waals surface area contributed by atoms with Gasteiger partial charge in [-0.15, -0.1) is 0 Å². The smallest absolute Gasteiger partial charge is 0.252 e. The van der Waals surface area contributed by atoms with E-state index in [0.717, 1.165) is 3.57 Å². The molecule has 0 bridgehead atoms. The van der Waals surface area contributed by atoms with Gasteiger partial charge in [-0.1, -0.05) is 0 Å². The molecule has 1 heterocycles. The van der Waals surface area contributed by atoms with Gasteiger partial charge in [-0.3, -0.25) is 4.79 Å². The second-order valence-electron chi connectivity index (χ2n) is 2.63. The highest BCUT2D eigenvalue weighted by Crippen LogP contribution is 2.09. The van der Waals surface area contributed by atoms with E-state index in [1.807, 2.05) is 0 Å². The van der Waals surface area contributed by atoms with Crippen molar-refractivity contribution in [3.05, 3.63) is 31.8 Å². The number of hydrogen-bond acceptors (Lipinski definition) is 3. The number of aromatic amines is 1. The van der Waals surface area contributed by atoms with Crippen LogP contribution in [0.5, 0.6) is 0 Å². The van der Waals surface area contributed by atoms with Gasteiger partial charge in [0.2, 0.25) is 0 Å². The molecule has 4 nitrogen and oxygen atoms in total. The zero-order chi connectivity index (χ0) is 9.84. The first-order valence-electron chi connectivity index (χ1n) is 3.85. The fraction of sp³-hybridized carbons (Fsp3) is 0.375. The molecule has 0 saturated heterocycles. The van der Waals surface area contributed by atoms with E-state index in [1.54, 1.807) is 19.3 Å². The molecule has 0 aliphatic carbocycles. The number of aliphatic hydroxyl groups is 1. The Morgan fingerprint density at radius 3 is 3.00 bits per heavy atom. The van der Waals surface area contributed by atoms with E-state index in [9.17, 15) is 4.79 Å². The Hall–Kier alpha value is -0.400. The Morgan fingerprint density at radius 1 is 1.77 bits per heavy atom. The van der Waals surface area contributed by atoms with Crippen LogP contribution in [0.25, 0.3) is 0 Å². The molecule has 1 unspecified atom stereocenters. The molecule has 0 aromatic carbocycles. The molecule has 1 aromatic rings. The number of aromatic nitrogens is 1. The minimum Gasteiger partial charge on any atom is -0.394 e. The normalized spacial score (nSPS) is 12.8. The van der Waals surface area contributed by atoms with E-state index in [1.165, 1.54) is 0 Å². The third kappa shape index (κ3) is 2.52. The van der Waals surface area contributed by atoms with Gasteiger partial charge in [-0.25, -0.2) is 0 Å². The highest BCUT2D eigenvalue weighted by Gasteiger charge is 2.11. The van der Waals surface area contributed by atoms with E-state index in [2.05, 4.69) is 32.9 Å². The Balaban J connectivity index is 3.11. The lowest BCUT2D eigenvalue weighted by Crippen LogP contribution is -2.27. The van der Waals surface area contributed by atoms with Gasteiger partial charge in [0.05, 0.1) is 12.6 Å². The summed E-state index contributed by atoms with van der Waals surface area (Å²) in [4.78, 5) is 13.9. The highest BCUT2D eigenvalue weighted by molar-refractivity contribution is 14.1. The predicted octanol–water partition coefficient (Wildman–Crippen LogP) is 0.232. The molecular formula is C8H11IN2O2. The van der Waals surface area contributed by atoms with Gasteiger partial charge in [0, 0.05) is 15.3 Å². The summed E-state index contributed by atoms with van der Waals surface area (Å²) in [6.45, 7) is -0.0837. The third-order valence-corrected chi connectivity index (χ3v) is 2.43. The average molecular weight is 294 g/mol. The monoisotopic (exact) mass is 294 g/mol. The topological polar surface area (TPSA) is 65.1 Å². The van der Waals surface area contributed by atoms with Crippen LogP contribution in [-0.4, -0.2) is 23.7 Å². The number of nitrogens with one attached hydrogen (secondary N) is 2. The average Bonchev–Trinajstić information content (AvgIpc) is 2.13. The van der Waals surface area contributed by atoms with Crippen molar-refractivity contribution in [1.82, 2.24) is 10.3 Å². The molecule has 0 fully saturated rings. The van der Waals surface area contributed by atoms with Gasteiger partial charge >= 0.3 is 0 Å². The molecular weight excluding hydrogens is 283 g/mol. The van der Waals surface area contributed by atoms with Crippen molar-refractivity contribution >= 4 is 22.6 Å². The lowest BCUT2D eigenvalue weighted by molar-refractivity contribution is 0.250. The summed E-state index contributed by atoms with van der Waals surface area (Å²) in [6.07, 6.45) is 1.64. The number of rotatable bonds is 3. The number of hydrogen-bond donors (Lipinski definition) is 3. The molecule has 1 rings (SSSR count). The van der Waals surface area contributed by atoms with Crippen molar-refractivity contribution in [2.75, 3.05) is 13.7 Å². The van der Waals surface area contributed by atoms with Crippen LogP contribution in [-0.2, 0) is 0 Å². The van der Waals surface area contributed by atoms with Crippen molar-refractivity contribution in [3.8, 4) is 0 Å². The van der Waals surface area contributed by atoms with Crippen molar-refractivity contribution in [2.24, 2.45) is 0 Å². The molecule has 1 atom stereocenters. The zero-order valence-electron chi connectivity index (χ0n) is 7.17. The Bertz CT molecular complexity index is 333. The first-order chi connectivity index (χ1) is 6.19. The maximum Gasteiger partial charge on any atom is 0.252 e. The number of halogens is 1. The SMILES string of the molecule is CNC(CO)c1cc(I)c[nH]c1=O. The van der Waals surface area contributed by atoms with E-state index in [-0.39, 0.29) is 18.2 Å². The fourth-order valence-electron chi connectivity index (χ4n) is 1.08. The second-order valence-corrected chi connectivity index (χ2v) is 3.87. The molecule has 0 aliphatic rings.